The van der Waals surface area contributed by atoms with Crippen LogP contribution in [-0.4, -0.2) is 39.1 Å². The zero-order valence-corrected chi connectivity index (χ0v) is 18.9. The van der Waals surface area contributed by atoms with Crippen molar-refractivity contribution in [3.8, 4) is 0 Å². The van der Waals surface area contributed by atoms with E-state index in [1.807, 2.05) is 12.3 Å². The normalized spacial score (nSPS) is 23.4. The van der Waals surface area contributed by atoms with Crippen LogP contribution in [0.4, 0.5) is 0 Å². The summed E-state index contributed by atoms with van der Waals surface area (Å²) in [5.74, 6) is 1.99. The van der Waals surface area contributed by atoms with E-state index in [-0.39, 0.29) is 0 Å². The van der Waals surface area contributed by atoms with E-state index in [2.05, 4.69) is 59.0 Å². The van der Waals surface area contributed by atoms with Gasteiger partial charge in [-0.15, -0.1) is 0 Å². The third-order valence-corrected chi connectivity index (χ3v) is 7.37. The number of imidazole rings is 1. The fraction of sp³-hybridized carbons (Fsp3) is 0.538. The van der Waals surface area contributed by atoms with Gasteiger partial charge in [-0.25, -0.2) is 4.98 Å². The van der Waals surface area contributed by atoms with Gasteiger partial charge in [0.05, 0.1) is 28.8 Å². The minimum atomic E-state index is 0.347. The standard InChI is InChI=1S/C26H35N5/c1-3-30-23(25-19(2)8-7-15-28-25)11-6-12-24(30)26-29-21-9-4-5-10-22(21)31(26)18-20-13-16-27-17-14-20/h4-5,7-10,15,20,23-24,27H,3,6,11-14,16-18H2,1-2H3/t23-,24+/m0/s1. The molecule has 0 unspecified atom stereocenters. The van der Waals surface area contributed by atoms with Gasteiger partial charge in [-0.1, -0.05) is 25.1 Å². The van der Waals surface area contributed by atoms with Gasteiger partial charge in [-0.2, -0.15) is 0 Å². The van der Waals surface area contributed by atoms with Crippen molar-refractivity contribution >= 4 is 11.0 Å². The van der Waals surface area contributed by atoms with Gasteiger partial charge in [0.15, 0.2) is 0 Å². The maximum Gasteiger partial charge on any atom is 0.127 e. The summed E-state index contributed by atoms with van der Waals surface area (Å²) < 4.78 is 2.56. The molecule has 5 nitrogen and oxygen atoms in total. The highest BCUT2D eigenvalue weighted by molar-refractivity contribution is 5.76. The summed E-state index contributed by atoms with van der Waals surface area (Å²) in [5.41, 5.74) is 4.98. The van der Waals surface area contributed by atoms with Crippen LogP contribution in [0.25, 0.3) is 11.0 Å². The summed E-state index contributed by atoms with van der Waals surface area (Å²) in [5, 5.41) is 3.51. The lowest BCUT2D eigenvalue weighted by atomic mass is 9.91. The Labute approximate surface area is 185 Å². The topological polar surface area (TPSA) is 46.0 Å². The zero-order valence-electron chi connectivity index (χ0n) is 18.9. The first-order valence-corrected chi connectivity index (χ1v) is 12.1. The quantitative estimate of drug-likeness (QED) is 0.633. The molecular formula is C26H35N5. The van der Waals surface area contributed by atoms with E-state index in [1.165, 1.54) is 54.7 Å². The summed E-state index contributed by atoms with van der Waals surface area (Å²) in [6.07, 6.45) is 8.03. The van der Waals surface area contributed by atoms with Crippen molar-refractivity contribution in [3.05, 3.63) is 59.7 Å². The van der Waals surface area contributed by atoms with Crippen molar-refractivity contribution in [2.45, 2.75) is 64.6 Å². The van der Waals surface area contributed by atoms with E-state index in [4.69, 9.17) is 9.97 Å². The Hall–Kier alpha value is -2.24. The molecule has 2 aromatic heterocycles. The third-order valence-electron chi connectivity index (χ3n) is 7.37. The second-order valence-corrected chi connectivity index (χ2v) is 9.26. The number of hydrogen-bond donors (Lipinski definition) is 1. The minimum absolute atomic E-state index is 0.347. The molecule has 2 aliphatic rings. The molecule has 5 heteroatoms. The molecule has 5 rings (SSSR count). The predicted molar refractivity (Wildman–Crippen MR) is 126 cm³/mol. The van der Waals surface area contributed by atoms with E-state index in [9.17, 15) is 0 Å². The molecule has 2 aliphatic heterocycles. The highest BCUT2D eigenvalue weighted by Gasteiger charge is 2.36. The van der Waals surface area contributed by atoms with E-state index in [0.717, 1.165) is 37.6 Å². The lowest BCUT2D eigenvalue weighted by molar-refractivity contribution is 0.0777. The lowest BCUT2D eigenvalue weighted by Gasteiger charge is -2.41. The smallest absolute Gasteiger partial charge is 0.127 e. The van der Waals surface area contributed by atoms with Crippen LogP contribution in [0.1, 0.15) is 68.2 Å². The van der Waals surface area contributed by atoms with Crippen LogP contribution in [0.15, 0.2) is 42.6 Å². The van der Waals surface area contributed by atoms with Crippen LogP contribution < -0.4 is 5.32 Å². The SMILES string of the molecule is CCN1[C@@H](c2nc3ccccc3n2CC2CCNCC2)CCC[C@H]1c1ncccc1C. The fourth-order valence-corrected chi connectivity index (χ4v) is 5.78. The van der Waals surface area contributed by atoms with Gasteiger partial charge in [0.25, 0.3) is 0 Å². The number of pyridine rings is 1. The van der Waals surface area contributed by atoms with Crippen molar-refractivity contribution in [1.29, 1.82) is 0 Å². The van der Waals surface area contributed by atoms with E-state index >= 15 is 0 Å². The molecule has 2 fully saturated rings. The number of fused-ring (bicyclic) bond motifs is 1. The van der Waals surface area contributed by atoms with Gasteiger partial charge in [0, 0.05) is 12.7 Å². The number of aromatic nitrogens is 3. The summed E-state index contributed by atoms with van der Waals surface area (Å²) in [6, 6.07) is 13.7. The van der Waals surface area contributed by atoms with E-state index in [0.29, 0.717) is 12.1 Å². The molecule has 0 saturated carbocycles. The largest absolute Gasteiger partial charge is 0.326 e. The second-order valence-electron chi connectivity index (χ2n) is 9.26. The molecule has 164 valence electrons. The summed E-state index contributed by atoms with van der Waals surface area (Å²) >= 11 is 0. The number of para-hydroxylation sites is 2. The highest BCUT2D eigenvalue weighted by atomic mass is 15.2. The van der Waals surface area contributed by atoms with Crippen LogP contribution in [0.5, 0.6) is 0 Å². The Bertz CT molecular complexity index is 1020. The summed E-state index contributed by atoms with van der Waals surface area (Å²) in [7, 11) is 0. The molecule has 3 aromatic rings. The monoisotopic (exact) mass is 417 g/mol. The molecule has 2 saturated heterocycles. The van der Waals surface area contributed by atoms with Gasteiger partial charge in [-0.3, -0.25) is 9.88 Å². The van der Waals surface area contributed by atoms with Crippen molar-refractivity contribution in [2.24, 2.45) is 5.92 Å². The third kappa shape index (κ3) is 4.01. The lowest BCUT2D eigenvalue weighted by Crippen LogP contribution is -2.38. The Morgan fingerprint density at radius 2 is 1.81 bits per heavy atom. The summed E-state index contributed by atoms with van der Waals surface area (Å²) in [6.45, 7) is 8.87. The average molecular weight is 418 g/mol. The number of hydrogen-bond acceptors (Lipinski definition) is 4. The molecule has 4 heterocycles. The van der Waals surface area contributed by atoms with Crippen molar-refractivity contribution in [1.82, 2.24) is 24.8 Å². The molecule has 0 radical (unpaired) electrons. The molecule has 2 atom stereocenters. The maximum atomic E-state index is 5.24. The number of rotatable bonds is 5. The first-order valence-electron chi connectivity index (χ1n) is 12.1. The van der Waals surface area contributed by atoms with Crippen LogP contribution in [-0.2, 0) is 6.54 Å². The van der Waals surface area contributed by atoms with Gasteiger partial charge in [0.2, 0.25) is 0 Å². The average Bonchev–Trinajstić information content (AvgIpc) is 3.18. The number of likely N-dealkylation sites (tertiary alicyclic amines) is 1. The van der Waals surface area contributed by atoms with Crippen LogP contribution in [0.3, 0.4) is 0 Å². The second kappa shape index (κ2) is 9.09. The first-order chi connectivity index (χ1) is 15.3. The van der Waals surface area contributed by atoms with Crippen molar-refractivity contribution < 1.29 is 0 Å². The molecule has 31 heavy (non-hydrogen) atoms. The van der Waals surface area contributed by atoms with Gasteiger partial charge >= 0.3 is 0 Å². The van der Waals surface area contributed by atoms with Crippen LogP contribution in [0.2, 0.25) is 0 Å². The molecule has 0 amide bonds. The molecule has 0 spiro atoms. The number of nitrogens with one attached hydrogen (secondary N) is 1. The Morgan fingerprint density at radius 1 is 1.00 bits per heavy atom. The fourth-order valence-electron chi connectivity index (χ4n) is 5.78. The molecule has 1 aromatic carbocycles. The van der Waals surface area contributed by atoms with Gasteiger partial charge in [-0.05, 0) is 88.3 Å². The minimum Gasteiger partial charge on any atom is -0.326 e. The number of nitrogens with zero attached hydrogens (tertiary/aromatic N) is 4. The number of aryl methyl sites for hydroxylation is 1. The first kappa shape index (κ1) is 20.7. The number of piperidine rings is 2. The zero-order chi connectivity index (χ0) is 21.2. The van der Waals surface area contributed by atoms with E-state index < -0.39 is 0 Å². The Morgan fingerprint density at radius 3 is 2.61 bits per heavy atom. The van der Waals surface area contributed by atoms with Gasteiger partial charge < -0.3 is 9.88 Å². The van der Waals surface area contributed by atoms with Crippen LogP contribution in [0, 0.1) is 12.8 Å². The highest BCUT2D eigenvalue weighted by Crippen LogP contribution is 2.42. The number of benzene rings is 1. The Kier molecular flexibility index (Phi) is 6.06. The van der Waals surface area contributed by atoms with E-state index in [1.54, 1.807) is 0 Å². The van der Waals surface area contributed by atoms with Crippen LogP contribution >= 0.6 is 0 Å². The van der Waals surface area contributed by atoms with Crippen molar-refractivity contribution in [3.63, 3.8) is 0 Å². The molecule has 0 aliphatic carbocycles. The maximum absolute atomic E-state index is 5.24. The Balaban J connectivity index is 1.54. The van der Waals surface area contributed by atoms with Gasteiger partial charge in [0.1, 0.15) is 5.82 Å². The molecular weight excluding hydrogens is 382 g/mol. The summed E-state index contributed by atoms with van der Waals surface area (Å²) in [4.78, 5) is 12.7. The predicted octanol–water partition coefficient (Wildman–Crippen LogP) is 5.03. The molecule has 1 N–H and O–H groups in total. The van der Waals surface area contributed by atoms with Crippen molar-refractivity contribution in [2.75, 3.05) is 19.6 Å². The molecule has 0 bridgehead atoms.